The Kier molecular flexibility index (Phi) is 6.51. The van der Waals surface area contributed by atoms with Crippen LogP contribution in [0.5, 0.6) is 0 Å². The maximum Gasteiger partial charge on any atom is 0.407 e. The number of rotatable bonds is 5. The van der Waals surface area contributed by atoms with Gasteiger partial charge in [0.15, 0.2) is 0 Å². The van der Waals surface area contributed by atoms with Crippen molar-refractivity contribution >= 4 is 30.5 Å². The minimum absolute atomic E-state index is 0.374. The van der Waals surface area contributed by atoms with E-state index in [1.807, 2.05) is 32.9 Å². The lowest BCUT2D eigenvalue weighted by molar-refractivity contribution is 0.0531. The molecule has 1 heterocycles. The zero-order valence-electron chi connectivity index (χ0n) is 11.5. The van der Waals surface area contributed by atoms with Crippen LogP contribution in [-0.2, 0) is 10.5 Å². The largest absolute Gasteiger partial charge is 0.444 e. The number of thiol groups is 1. The SMILES string of the molecule is CC(C)(C)OC(=O)NCCSCc1ncccc1S. The van der Waals surface area contributed by atoms with Crippen molar-refractivity contribution in [2.24, 2.45) is 0 Å². The van der Waals surface area contributed by atoms with E-state index in [1.165, 1.54) is 0 Å². The number of alkyl carbamates (subject to hydrolysis) is 1. The van der Waals surface area contributed by atoms with Crippen molar-refractivity contribution in [2.75, 3.05) is 12.3 Å². The highest BCUT2D eigenvalue weighted by Gasteiger charge is 2.15. The fourth-order valence-corrected chi connectivity index (χ4v) is 2.39. The number of nitrogens with one attached hydrogen (secondary N) is 1. The summed E-state index contributed by atoms with van der Waals surface area (Å²) in [5.74, 6) is 1.60. The van der Waals surface area contributed by atoms with Gasteiger partial charge in [0.05, 0.1) is 5.69 Å². The van der Waals surface area contributed by atoms with Gasteiger partial charge in [-0.2, -0.15) is 11.8 Å². The summed E-state index contributed by atoms with van der Waals surface area (Å²) in [6.45, 7) is 6.11. The van der Waals surface area contributed by atoms with E-state index in [2.05, 4.69) is 22.9 Å². The molecule has 0 spiro atoms. The number of carbonyl (C=O) groups excluding carboxylic acids is 1. The van der Waals surface area contributed by atoms with E-state index in [4.69, 9.17) is 4.74 Å². The average molecular weight is 300 g/mol. The van der Waals surface area contributed by atoms with Crippen LogP contribution in [0.3, 0.4) is 0 Å². The van der Waals surface area contributed by atoms with Crippen LogP contribution < -0.4 is 5.32 Å². The van der Waals surface area contributed by atoms with Crippen molar-refractivity contribution < 1.29 is 9.53 Å². The van der Waals surface area contributed by atoms with Crippen LogP contribution in [0, 0.1) is 0 Å². The second-order valence-electron chi connectivity index (χ2n) is 4.95. The molecule has 0 aliphatic heterocycles. The minimum atomic E-state index is -0.452. The van der Waals surface area contributed by atoms with E-state index < -0.39 is 5.60 Å². The summed E-state index contributed by atoms with van der Waals surface area (Å²) in [6.07, 6.45) is 1.38. The molecule has 6 heteroatoms. The molecule has 1 amide bonds. The second-order valence-corrected chi connectivity index (χ2v) is 6.54. The topological polar surface area (TPSA) is 51.2 Å². The molecule has 0 fully saturated rings. The monoisotopic (exact) mass is 300 g/mol. The van der Waals surface area contributed by atoms with Gasteiger partial charge in [-0.15, -0.1) is 12.6 Å². The fraction of sp³-hybridized carbons (Fsp3) is 0.538. The van der Waals surface area contributed by atoms with E-state index >= 15 is 0 Å². The van der Waals surface area contributed by atoms with Gasteiger partial charge >= 0.3 is 6.09 Å². The molecule has 1 aromatic rings. The van der Waals surface area contributed by atoms with Crippen molar-refractivity contribution in [3.63, 3.8) is 0 Å². The third-order valence-corrected chi connectivity index (χ3v) is 3.40. The van der Waals surface area contributed by atoms with Crippen molar-refractivity contribution in [3.05, 3.63) is 24.0 Å². The molecule has 0 aliphatic carbocycles. The first-order chi connectivity index (χ1) is 8.88. The third-order valence-electron chi connectivity index (χ3n) is 2.02. The summed E-state index contributed by atoms with van der Waals surface area (Å²) in [4.78, 5) is 16.5. The molecular weight excluding hydrogens is 280 g/mol. The van der Waals surface area contributed by atoms with E-state index in [-0.39, 0.29) is 6.09 Å². The van der Waals surface area contributed by atoms with Gasteiger partial charge in [-0.3, -0.25) is 4.98 Å². The van der Waals surface area contributed by atoms with Crippen LogP contribution in [0.4, 0.5) is 4.79 Å². The van der Waals surface area contributed by atoms with E-state index in [0.717, 1.165) is 22.1 Å². The summed E-state index contributed by atoms with van der Waals surface area (Å²) < 4.78 is 5.14. The van der Waals surface area contributed by atoms with Crippen LogP contribution in [0.25, 0.3) is 0 Å². The Labute approximate surface area is 124 Å². The van der Waals surface area contributed by atoms with E-state index in [1.54, 1.807) is 18.0 Å². The molecule has 0 radical (unpaired) electrons. The molecule has 4 nitrogen and oxygen atoms in total. The number of hydrogen-bond donors (Lipinski definition) is 2. The Morgan fingerprint density at radius 2 is 2.26 bits per heavy atom. The first-order valence-corrected chi connectivity index (χ1v) is 7.66. The Morgan fingerprint density at radius 3 is 2.89 bits per heavy atom. The second kappa shape index (κ2) is 7.65. The maximum absolute atomic E-state index is 11.4. The summed E-state index contributed by atoms with van der Waals surface area (Å²) >= 11 is 6.04. The van der Waals surface area contributed by atoms with E-state index in [0.29, 0.717) is 6.54 Å². The predicted molar refractivity (Wildman–Crippen MR) is 81.9 cm³/mol. The zero-order chi connectivity index (χ0) is 14.3. The van der Waals surface area contributed by atoms with Gasteiger partial charge in [0, 0.05) is 29.1 Å². The quantitative estimate of drug-likeness (QED) is 0.648. The van der Waals surface area contributed by atoms with Gasteiger partial charge in [-0.25, -0.2) is 4.79 Å². The Morgan fingerprint density at radius 1 is 1.53 bits per heavy atom. The molecule has 0 aliphatic rings. The standard InChI is InChI=1S/C13H20N2O2S2/c1-13(2,3)17-12(16)15-7-8-19-9-10-11(18)5-4-6-14-10/h4-6,18H,7-9H2,1-3H3,(H,15,16). The highest BCUT2D eigenvalue weighted by molar-refractivity contribution is 7.98. The number of nitrogens with zero attached hydrogens (tertiary/aromatic N) is 1. The maximum atomic E-state index is 11.4. The van der Waals surface area contributed by atoms with Gasteiger partial charge in [-0.05, 0) is 32.9 Å². The lowest BCUT2D eigenvalue weighted by Crippen LogP contribution is -2.33. The molecule has 106 valence electrons. The summed E-state index contributed by atoms with van der Waals surface area (Å²) in [5, 5.41) is 2.72. The number of ether oxygens (including phenoxy) is 1. The highest BCUT2D eigenvalue weighted by atomic mass is 32.2. The van der Waals surface area contributed by atoms with Crippen molar-refractivity contribution in [3.8, 4) is 0 Å². The van der Waals surface area contributed by atoms with Gasteiger partial charge in [0.1, 0.15) is 5.60 Å². The predicted octanol–water partition coefficient (Wildman–Crippen LogP) is 3.13. The Bertz CT molecular complexity index is 419. The molecule has 0 atom stereocenters. The van der Waals surface area contributed by atoms with Crippen LogP contribution in [0.15, 0.2) is 23.2 Å². The highest BCUT2D eigenvalue weighted by Crippen LogP contribution is 2.16. The number of pyridine rings is 1. The molecule has 1 aromatic heterocycles. The van der Waals surface area contributed by atoms with Gasteiger partial charge in [0.2, 0.25) is 0 Å². The van der Waals surface area contributed by atoms with Gasteiger partial charge < -0.3 is 10.1 Å². The lowest BCUT2D eigenvalue weighted by atomic mass is 10.2. The van der Waals surface area contributed by atoms with Crippen LogP contribution >= 0.6 is 24.4 Å². The van der Waals surface area contributed by atoms with Crippen molar-refractivity contribution in [2.45, 2.75) is 37.0 Å². The summed E-state index contributed by atoms with van der Waals surface area (Å²) in [6, 6.07) is 3.78. The summed E-state index contributed by atoms with van der Waals surface area (Å²) in [5.41, 5.74) is 0.514. The van der Waals surface area contributed by atoms with Crippen LogP contribution in [0.2, 0.25) is 0 Å². The zero-order valence-corrected chi connectivity index (χ0v) is 13.2. The number of carbonyl (C=O) groups is 1. The molecule has 0 saturated carbocycles. The van der Waals surface area contributed by atoms with Crippen LogP contribution in [-0.4, -0.2) is 29.0 Å². The number of amides is 1. The minimum Gasteiger partial charge on any atom is -0.444 e. The Hall–Kier alpha value is -0.880. The molecule has 0 aromatic carbocycles. The van der Waals surface area contributed by atoms with Crippen molar-refractivity contribution in [1.29, 1.82) is 0 Å². The van der Waals surface area contributed by atoms with Gasteiger partial charge in [0.25, 0.3) is 0 Å². The molecular formula is C13H20N2O2S2. The number of hydrogen-bond acceptors (Lipinski definition) is 5. The first-order valence-electron chi connectivity index (χ1n) is 6.06. The summed E-state index contributed by atoms with van der Waals surface area (Å²) in [7, 11) is 0. The van der Waals surface area contributed by atoms with Crippen LogP contribution in [0.1, 0.15) is 26.5 Å². The molecule has 0 bridgehead atoms. The fourth-order valence-electron chi connectivity index (χ4n) is 1.25. The van der Waals surface area contributed by atoms with Crippen molar-refractivity contribution in [1.82, 2.24) is 10.3 Å². The molecule has 0 saturated heterocycles. The molecule has 0 unspecified atom stereocenters. The molecule has 1 N–H and O–H groups in total. The Balaban J connectivity index is 2.15. The molecule has 19 heavy (non-hydrogen) atoms. The number of aromatic nitrogens is 1. The smallest absolute Gasteiger partial charge is 0.407 e. The van der Waals surface area contributed by atoms with Gasteiger partial charge in [-0.1, -0.05) is 0 Å². The first kappa shape index (κ1) is 16.2. The molecule has 1 rings (SSSR count). The average Bonchev–Trinajstić information content (AvgIpc) is 2.28. The normalized spacial score (nSPS) is 11.2. The van der Waals surface area contributed by atoms with E-state index in [9.17, 15) is 4.79 Å². The lowest BCUT2D eigenvalue weighted by Gasteiger charge is -2.19. The number of thioether (sulfide) groups is 1. The third kappa shape index (κ3) is 7.32.